The van der Waals surface area contributed by atoms with Gasteiger partial charge in [-0.3, -0.25) is 14.6 Å². The lowest BCUT2D eigenvalue weighted by Crippen LogP contribution is -2.47. The zero-order valence-corrected chi connectivity index (χ0v) is 9.17. The maximum Gasteiger partial charge on any atom is 0.240 e. The molecule has 17 heavy (non-hydrogen) atoms. The van der Waals surface area contributed by atoms with E-state index in [1.54, 1.807) is 18.3 Å². The molecule has 0 saturated carbocycles. The molecule has 1 aromatic heterocycles. The zero-order chi connectivity index (χ0) is 12.4. The van der Waals surface area contributed by atoms with Crippen LogP contribution in [0.1, 0.15) is 5.69 Å². The summed E-state index contributed by atoms with van der Waals surface area (Å²) >= 11 is 0. The minimum absolute atomic E-state index is 0.140. The Morgan fingerprint density at radius 3 is 3.06 bits per heavy atom. The third-order valence-electron chi connectivity index (χ3n) is 2.79. The first-order valence-corrected chi connectivity index (χ1v) is 5.30. The van der Waals surface area contributed by atoms with Gasteiger partial charge in [0.25, 0.3) is 0 Å². The van der Waals surface area contributed by atoms with Gasteiger partial charge in [0.1, 0.15) is 5.92 Å². The molecule has 0 fully saturated rings. The lowest BCUT2D eigenvalue weighted by Gasteiger charge is -2.31. The Balaban J connectivity index is 2.43. The molecule has 1 atom stereocenters. The van der Waals surface area contributed by atoms with E-state index in [9.17, 15) is 9.59 Å². The number of nitrogens with two attached hydrogens (primary N) is 1. The number of β-amino-alcohol motifs (C(OH)–C–C–N with tert-alkyl or cyclic N) is 1. The minimum Gasteiger partial charge on any atom is -0.395 e. The Kier molecular flexibility index (Phi) is 3.06. The van der Waals surface area contributed by atoms with Crippen LogP contribution in [0.5, 0.6) is 0 Å². The van der Waals surface area contributed by atoms with Crippen molar-refractivity contribution in [2.45, 2.75) is 6.42 Å². The normalized spacial score (nSPS) is 19.0. The molecule has 0 radical (unpaired) electrons. The molecule has 0 aliphatic carbocycles. The van der Waals surface area contributed by atoms with E-state index in [-0.39, 0.29) is 25.5 Å². The van der Waals surface area contributed by atoms with E-state index >= 15 is 0 Å². The topological polar surface area (TPSA) is 96.5 Å². The van der Waals surface area contributed by atoms with Crippen LogP contribution < -0.4 is 10.6 Å². The molecule has 1 aromatic rings. The van der Waals surface area contributed by atoms with E-state index in [1.807, 2.05) is 0 Å². The second-order valence-corrected chi connectivity index (χ2v) is 3.84. The highest BCUT2D eigenvalue weighted by atomic mass is 16.3. The highest BCUT2D eigenvalue weighted by Crippen LogP contribution is 2.28. The van der Waals surface area contributed by atoms with E-state index in [0.717, 1.165) is 0 Å². The van der Waals surface area contributed by atoms with Crippen molar-refractivity contribution in [2.75, 3.05) is 18.1 Å². The molecule has 1 aliphatic heterocycles. The van der Waals surface area contributed by atoms with E-state index in [4.69, 9.17) is 10.8 Å². The summed E-state index contributed by atoms with van der Waals surface area (Å²) in [5, 5.41) is 8.96. The monoisotopic (exact) mass is 235 g/mol. The fourth-order valence-electron chi connectivity index (χ4n) is 1.97. The maximum absolute atomic E-state index is 12.0. The summed E-state index contributed by atoms with van der Waals surface area (Å²) in [6.07, 6.45) is 1.83. The highest BCUT2D eigenvalue weighted by Gasteiger charge is 2.36. The molecule has 2 amide bonds. The van der Waals surface area contributed by atoms with Crippen molar-refractivity contribution in [1.29, 1.82) is 0 Å². The molecule has 0 saturated heterocycles. The van der Waals surface area contributed by atoms with Gasteiger partial charge in [0, 0.05) is 19.2 Å². The molecule has 1 unspecified atom stereocenters. The third-order valence-corrected chi connectivity index (χ3v) is 2.79. The van der Waals surface area contributed by atoms with Gasteiger partial charge in [0.2, 0.25) is 11.8 Å². The standard InChI is InChI=1S/C11H13N3O3/c12-10(16)7-6-8-9(2-1-3-13-8)14(4-5-15)11(7)17/h1-3,7,15H,4-6H2,(H2,12,16). The number of pyridine rings is 1. The number of aliphatic hydroxyl groups is 1. The Hall–Kier alpha value is -1.95. The van der Waals surface area contributed by atoms with Crippen molar-refractivity contribution in [3.63, 3.8) is 0 Å². The van der Waals surface area contributed by atoms with Crippen LogP contribution in [0.25, 0.3) is 0 Å². The second kappa shape index (κ2) is 4.50. The van der Waals surface area contributed by atoms with Crippen molar-refractivity contribution in [3.05, 3.63) is 24.0 Å². The lowest BCUT2D eigenvalue weighted by molar-refractivity contribution is -0.132. The summed E-state index contributed by atoms with van der Waals surface area (Å²) in [4.78, 5) is 28.7. The average molecular weight is 235 g/mol. The summed E-state index contributed by atoms with van der Waals surface area (Å²) in [6.45, 7) is -0.0349. The van der Waals surface area contributed by atoms with Crippen LogP contribution in [0.15, 0.2) is 18.3 Å². The molecule has 0 spiro atoms. The Labute approximate surface area is 98.1 Å². The quantitative estimate of drug-likeness (QED) is 0.661. The van der Waals surface area contributed by atoms with E-state index in [0.29, 0.717) is 11.4 Å². The van der Waals surface area contributed by atoms with Gasteiger partial charge in [-0.2, -0.15) is 0 Å². The Morgan fingerprint density at radius 1 is 1.65 bits per heavy atom. The molecule has 0 aromatic carbocycles. The van der Waals surface area contributed by atoms with Crippen molar-refractivity contribution in [2.24, 2.45) is 11.7 Å². The summed E-state index contributed by atoms with van der Waals surface area (Å²) in [7, 11) is 0. The van der Waals surface area contributed by atoms with Gasteiger partial charge in [-0.05, 0) is 12.1 Å². The second-order valence-electron chi connectivity index (χ2n) is 3.84. The number of hydrogen-bond acceptors (Lipinski definition) is 4. The van der Waals surface area contributed by atoms with Gasteiger partial charge in [-0.15, -0.1) is 0 Å². The number of rotatable bonds is 3. The first-order valence-electron chi connectivity index (χ1n) is 5.30. The third kappa shape index (κ3) is 1.99. The van der Waals surface area contributed by atoms with Crippen LogP contribution in [-0.4, -0.2) is 35.1 Å². The van der Waals surface area contributed by atoms with Crippen LogP contribution in [-0.2, 0) is 16.0 Å². The number of carbonyl (C=O) groups is 2. The van der Waals surface area contributed by atoms with Crippen LogP contribution in [0.2, 0.25) is 0 Å². The molecule has 6 nitrogen and oxygen atoms in total. The number of fused-ring (bicyclic) bond motifs is 1. The Morgan fingerprint density at radius 2 is 2.41 bits per heavy atom. The number of nitrogens with zero attached hydrogens (tertiary/aromatic N) is 2. The van der Waals surface area contributed by atoms with Gasteiger partial charge >= 0.3 is 0 Å². The molecule has 0 bridgehead atoms. The van der Waals surface area contributed by atoms with E-state index in [2.05, 4.69) is 4.98 Å². The largest absolute Gasteiger partial charge is 0.395 e. The molecule has 2 heterocycles. The van der Waals surface area contributed by atoms with Gasteiger partial charge < -0.3 is 15.7 Å². The van der Waals surface area contributed by atoms with Gasteiger partial charge in [0.15, 0.2) is 0 Å². The number of hydrogen-bond donors (Lipinski definition) is 2. The summed E-state index contributed by atoms with van der Waals surface area (Å²) in [5.74, 6) is -1.91. The van der Waals surface area contributed by atoms with Crippen molar-refractivity contribution in [3.8, 4) is 0 Å². The number of primary amides is 1. The minimum atomic E-state index is -0.885. The SMILES string of the molecule is NC(=O)C1Cc2ncccc2N(CCO)C1=O. The Bertz CT molecular complexity index is 461. The smallest absolute Gasteiger partial charge is 0.240 e. The van der Waals surface area contributed by atoms with Crippen molar-refractivity contribution < 1.29 is 14.7 Å². The molecular weight excluding hydrogens is 222 g/mol. The molecule has 6 heteroatoms. The highest BCUT2D eigenvalue weighted by molar-refractivity contribution is 6.09. The van der Waals surface area contributed by atoms with E-state index in [1.165, 1.54) is 4.90 Å². The predicted molar refractivity (Wildman–Crippen MR) is 60.1 cm³/mol. The number of amides is 2. The fraction of sp³-hybridized carbons (Fsp3) is 0.364. The van der Waals surface area contributed by atoms with Crippen LogP contribution in [0.4, 0.5) is 5.69 Å². The number of carbonyl (C=O) groups excluding carboxylic acids is 2. The summed E-state index contributed by atoms with van der Waals surface area (Å²) in [5.41, 5.74) is 6.50. The first kappa shape index (κ1) is 11.5. The number of anilines is 1. The lowest BCUT2D eigenvalue weighted by atomic mass is 9.94. The first-order chi connectivity index (χ1) is 8.15. The van der Waals surface area contributed by atoms with Gasteiger partial charge in [-0.1, -0.05) is 0 Å². The zero-order valence-electron chi connectivity index (χ0n) is 9.17. The number of aromatic nitrogens is 1. The molecule has 2 rings (SSSR count). The number of aliphatic hydroxyl groups excluding tert-OH is 1. The van der Waals surface area contributed by atoms with Crippen molar-refractivity contribution in [1.82, 2.24) is 4.98 Å². The predicted octanol–water partition coefficient (Wildman–Crippen LogP) is -0.936. The summed E-state index contributed by atoms with van der Waals surface area (Å²) in [6, 6.07) is 3.45. The van der Waals surface area contributed by atoms with Gasteiger partial charge in [-0.25, -0.2) is 0 Å². The van der Waals surface area contributed by atoms with Gasteiger partial charge in [0.05, 0.1) is 18.0 Å². The van der Waals surface area contributed by atoms with Crippen LogP contribution in [0.3, 0.4) is 0 Å². The molecular formula is C11H13N3O3. The van der Waals surface area contributed by atoms with Crippen molar-refractivity contribution >= 4 is 17.5 Å². The van der Waals surface area contributed by atoms with E-state index < -0.39 is 11.8 Å². The maximum atomic E-state index is 12.0. The average Bonchev–Trinajstić information content (AvgIpc) is 2.32. The molecule has 1 aliphatic rings. The fourth-order valence-corrected chi connectivity index (χ4v) is 1.97. The molecule has 3 N–H and O–H groups in total. The molecule has 90 valence electrons. The van der Waals surface area contributed by atoms with Crippen LogP contribution in [0, 0.1) is 5.92 Å². The summed E-state index contributed by atoms with van der Waals surface area (Å²) < 4.78 is 0. The van der Waals surface area contributed by atoms with Crippen LogP contribution >= 0.6 is 0 Å².